The summed E-state index contributed by atoms with van der Waals surface area (Å²) < 4.78 is 20.1. The Morgan fingerprint density at radius 2 is 2.00 bits per heavy atom. The van der Waals surface area contributed by atoms with Crippen LogP contribution in [0.1, 0.15) is 54.3 Å². The van der Waals surface area contributed by atoms with Crippen LogP contribution < -0.4 is 15.6 Å². The average Bonchev–Trinajstić information content (AvgIpc) is 3.37. The van der Waals surface area contributed by atoms with Crippen molar-refractivity contribution in [3.8, 4) is 17.6 Å². The van der Waals surface area contributed by atoms with Gasteiger partial charge in [0.05, 0.1) is 35.8 Å². The van der Waals surface area contributed by atoms with Crippen LogP contribution in [0.2, 0.25) is 5.02 Å². The quantitative estimate of drug-likeness (QED) is 0.439. The normalized spacial score (nSPS) is 17.0. The maximum absolute atomic E-state index is 14.7. The minimum atomic E-state index is -0.862. The minimum absolute atomic E-state index is 0.0332. The van der Waals surface area contributed by atoms with E-state index in [1.165, 1.54) is 18.2 Å². The van der Waals surface area contributed by atoms with Gasteiger partial charge in [-0.3, -0.25) is 14.4 Å². The minimum Gasteiger partial charge on any atom is -0.448 e. The van der Waals surface area contributed by atoms with E-state index in [0.29, 0.717) is 23.6 Å². The molecule has 0 saturated carbocycles. The molecule has 1 saturated heterocycles. The zero-order valence-electron chi connectivity index (χ0n) is 21.6. The Labute approximate surface area is 229 Å². The summed E-state index contributed by atoms with van der Waals surface area (Å²) in [6, 6.07) is 13.7. The van der Waals surface area contributed by atoms with Gasteiger partial charge in [0.25, 0.3) is 5.91 Å². The van der Waals surface area contributed by atoms with Crippen molar-refractivity contribution in [3.05, 3.63) is 86.5 Å². The number of aromatic nitrogens is 2. The van der Waals surface area contributed by atoms with Gasteiger partial charge in [0.1, 0.15) is 0 Å². The molecule has 11 heteroatoms. The molecule has 202 valence electrons. The van der Waals surface area contributed by atoms with Crippen LogP contribution in [0.3, 0.4) is 0 Å². The molecule has 0 spiro atoms. The van der Waals surface area contributed by atoms with Gasteiger partial charge in [-0.15, -0.1) is 0 Å². The summed E-state index contributed by atoms with van der Waals surface area (Å²) in [4.78, 5) is 39.8. The highest BCUT2D eigenvalue weighted by Crippen LogP contribution is 2.43. The second kappa shape index (κ2) is 11.3. The van der Waals surface area contributed by atoms with E-state index in [-0.39, 0.29) is 41.6 Å². The number of halogens is 2. The maximum Gasteiger partial charge on any atom is 0.307 e. The molecule has 1 aliphatic heterocycles. The Bertz CT molecular complexity index is 1520. The molecule has 2 N–H and O–H groups in total. The number of likely N-dealkylation sites (tertiary alicyclic amines) is 1. The number of ether oxygens (including phenoxy) is 1. The molecule has 1 fully saturated rings. The number of amides is 2. The summed E-state index contributed by atoms with van der Waals surface area (Å²) in [7, 11) is 0. The number of carbonyl (C=O) groups excluding carboxylic acids is 2. The van der Waals surface area contributed by atoms with Gasteiger partial charge in [-0.05, 0) is 69.5 Å². The molecular formula is C28H27ClFN5O4. The smallest absolute Gasteiger partial charge is 0.307 e. The van der Waals surface area contributed by atoms with Crippen molar-refractivity contribution in [1.29, 1.82) is 5.26 Å². The molecule has 1 aromatic heterocycles. The number of H-pyrrole nitrogens is 1. The highest BCUT2D eigenvalue weighted by Gasteiger charge is 2.45. The van der Waals surface area contributed by atoms with Gasteiger partial charge < -0.3 is 15.0 Å². The first-order valence-corrected chi connectivity index (χ1v) is 12.7. The van der Waals surface area contributed by atoms with E-state index >= 15 is 0 Å². The lowest BCUT2D eigenvalue weighted by Gasteiger charge is -2.36. The lowest BCUT2D eigenvalue weighted by molar-refractivity contribution is -0.134. The van der Waals surface area contributed by atoms with Crippen LogP contribution in [-0.2, 0) is 4.79 Å². The Morgan fingerprint density at radius 1 is 1.23 bits per heavy atom. The van der Waals surface area contributed by atoms with Crippen molar-refractivity contribution in [1.82, 2.24) is 20.4 Å². The van der Waals surface area contributed by atoms with Gasteiger partial charge in [-0.1, -0.05) is 23.7 Å². The first kappa shape index (κ1) is 27.8. The average molecular weight is 552 g/mol. The number of nitrogens with one attached hydrogen (secondary N) is 2. The predicted octanol–water partition coefficient (Wildman–Crippen LogP) is 4.68. The molecule has 0 bridgehead atoms. The SMILES string of the molecule is Cc1cc(Oc2ccc(C(=O)NCC(=O)N3[C@H](c4cccc(Cl)c4)CC[C@@H]3C(C)(C)C#N)cc2F)c(=O)[nH]n1. The van der Waals surface area contributed by atoms with E-state index in [9.17, 15) is 24.0 Å². The molecule has 2 heterocycles. The standard InChI is InChI=1S/C28H27ClFN5O4/c1-16-11-23(27(38)34-33-16)39-22-9-7-18(13-20(22)30)26(37)32-14-25(36)35-21(17-5-4-6-19(29)12-17)8-10-24(35)28(2,3)15-31/h4-7,9,11-13,21,24H,8,10,14H2,1-3H3,(H,32,37)(H,34,38)/t21-,24+/m0/s1. The van der Waals surface area contributed by atoms with Crippen molar-refractivity contribution < 1.29 is 18.7 Å². The van der Waals surface area contributed by atoms with E-state index in [1.54, 1.807) is 43.9 Å². The number of rotatable bonds is 7. The fraction of sp³-hybridized carbons (Fsp3) is 0.321. The number of nitriles is 1. The molecule has 39 heavy (non-hydrogen) atoms. The Balaban J connectivity index is 1.49. The molecule has 0 aliphatic carbocycles. The van der Waals surface area contributed by atoms with Crippen LogP contribution in [0, 0.1) is 29.5 Å². The Morgan fingerprint density at radius 3 is 2.69 bits per heavy atom. The van der Waals surface area contributed by atoms with E-state index in [4.69, 9.17) is 16.3 Å². The largest absolute Gasteiger partial charge is 0.448 e. The number of nitrogens with zero attached hydrogens (tertiary/aromatic N) is 3. The second-order valence-electron chi connectivity index (χ2n) is 9.93. The highest BCUT2D eigenvalue weighted by molar-refractivity contribution is 6.30. The number of aromatic amines is 1. The van der Waals surface area contributed by atoms with Crippen LogP contribution in [-0.4, -0.2) is 39.5 Å². The van der Waals surface area contributed by atoms with Crippen molar-refractivity contribution in [2.45, 2.75) is 45.7 Å². The summed E-state index contributed by atoms with van der Waals surface area (Å²) in [5.74, 6) is -2.28. The van der Waals surface area contributed by atoms with Crippen LogP contribution >= 0.6 is 11.6 Å². The topological polar surface area (TPSA) is 128 Å². The number of hydrogen-bond acceptors (Lipinski definition) is 6. The number of benzene rings is 2. The molecule has 2 atom stereocenters. The van der Waals surface area contributed by atoms with Crippen LogP contribution in [0.4, 0.5) is 4.39 Å². The van der Waals surface area contributed by atoms with Gasteiger partial charge in [0.2, 0.25) is 5.91 Å². The van der Waals surface area contributed by atoms with E-state index in [0.717, 1.165) is 11.6 Å². The van der Waals surface area contributed by atoms with E-state index in [1.807, 2.05) is 6.07 Å². The summed E-state index contributed by atoms with van der Waals surface area (Å²) in [5, 5.41) is 18.8. The van der Waals surface area contributed by atoms with Crippen LogP contribution in [0.15, 0.2) is 53.3 Å². The predicted molar refractivity (Wildman–Crippen MR) is 142 cm³/mol. The van der Waals surface area contributed by atoms with E-state index in [2.05, 4.69) is 21.6 Å². The third-order valence-corrected chi connectivity index (χ3v) is 6.97. The number of carbonyl (C=O) groups is 2. The molecular weight excluding hydrogens is 525 g/mol. The first-order chi connectivity index (χ1) is 18.5. The zero-order chi connectivity index (χ0) is 28.3. The first-order valence-electron chi connectivity index (χ1n) is 12.3. The fourth-order valence-electron chi connectivity index (χ4n) is 4.73. The number of hydrogen-bond donors (Lipinski definition) is 2. The summed E-state index contributed by atoms with van der Waals surface area (Å²) in [5.41, 5.74) is -0.160. The van der Waals surface area contributed by atoms with Gasteiger partial charge in [-0.25, -0.2) is 9.49 Å². The molecule has 0 radical (unpaired) electrons. The summed E-state index contributed by atoms with van der Waals surface area (Å²) >= 11 is 6.19. The third-order valence-electron chi connectivity index (χ3n) is 6.74. The van der Waals surface area contributed by atoms with Crippen LogP contribution in [0.5, 0.6) is 11.5 Å². The molecule has 9 nitrogen and oxygen atoms in total. The molecule has 3 aromatic rings. The van der Waals surface area contributed by atoms with Crippen molar-refractivity contribution in [2.75, 3.05) is 6.54 Å². The van der Waals surface area contributed by atoms with Gasteiger partial charge in [0.15, 0.2) is 17.3 Å². The molecule has 4 rings (SSSR count). The monoisotopic (exact) mass is 551 g/mol. The molecule has 0 unspecified atom stereocenters. The fourth-order valence-corrected chi connectivity index (χ4v) is 4.93. The third kappa shape index (κ3) is 6.10. The Hall–Kier alpha value is -4.23. The lowest BCUT2D eigenvalue weighted by Crippen LogP contribution is -2.48. The summed E-state index contributed by atoms with van der Waals surface area (Å²) in [6.07, 6.45) is 1.26. The maximum atomic E-state index is 14.7. The highest BCUT2D eigenvalue weighted by atomic mass is 35.5. The molecule has 2 aromatic carbocycles. The van der Waals surface area contributed by atoms with Gasteiger partial charge >= 0.3 is 5.56 Å². The van der Waals surface area contributed by atoms with E-state index < -0.39 is 22.7 Å². The molecule has 1 aliphatic rings. The Kier molecular flexibility index (Phi) is 8.02. The van der Waals surface area contributed by atoms with Crippen molar-refractivity contribution >= 4 is 23.4 Å². The summed E-state index contributed by atoms with van der Waals surface area (Å²) in [6.45, 7) is 4.85. The van der Waals surface area contributed by atoms with Crippen molar-refractivity contribution in [3.63, 3.8) is 0 Å². The number of aryl methyl sites for hydroxylation is 1. The second-order valence-corrected chi connectivity index (χ2v) is 10.4. The lowest BCUT2D eigenvalue weighted by atomic mass is 9.84. The van der Waals surface area contributed by atoms with Crippen molar-refractivity contribution in [2.24, 2.45) is 5.41 Å². The zero-order valence-corrected chi connectivity index (χ0v) is 22.4. The van der Waals surface area contributed by atoms with Crippen LogP contribution in [0.25, 0.3) is 0 Å². The van der Waals surface area contributed by atoms with Gasteiger partial charge in [-0.2, -0.15) is 10.4 Å². The van der Waals surface area contributed by atoms with Gasteiger partial charge in [0, 0.05) is 16.7 Å². The molecule has 2 amide bonds.